The quantitative estimate of drug-likeness (QED) is 0.548. The van der Waals surface area contributed by atoms with Crippen molar-refractivity contribution in [3.05, 3.63) is 66.4 Å². The predicted octanol–water partition coefficient (Wildman–Crippen LogP) is 2.76. The zero-order valence-corrected chi connectivity index (χ0v) is 13.5. The number of benzene rings is 1. The number of nitrogens with one attached hydrogen (secondary N) is 1. The molecular weight excluding hydrogens is 341 g/mol. The smallest absolute Gasteiger partial charge is 0.169 e. The van der Waals surface area contributed by atoms with E-state index in [1.165, 1.54) is 23.2 Å². The summed E-state index contributed by atoms with van der Waals surface area (Å²) < 4.78 is 26.0. The Morgan fingerprint density at radius 3 is 2.85 bits per heavy atom. The lowest BCUT2D eigenvalue weighted by molar-refractivity contribution is 0.277. The van der Waals surface area contributed by atoms with Crippen molar-refractivity contribution in [2.45, 2.75) is 13.2 Å². The van der Waals surface area contributed by atoms with Gasteiger partial charge in [-0.15, -0.1) is 0 Å². The second-order valence-electron chi connectivity index (χ2n) is 5.51. The Hall–Kier alpha value is -3.46. The first-order chi connectivity index (χ1) is 12.7. The highest BCUT2D eigenvalue weighted by molar-refractivity contribution is 5.61. The second kappa shape index (κ2) is 6.81. The number of rotatable bonds is 6. The highest BCUT2D eigenvalue weighted by Gasteiger charge is 2.12. The van der Waals surface area contributed by atoms with Crippen molar-refractivity contribution in [2.24, 2.45) is 0 Å². The molecule has 3 aromatic heterocycles. The van der Waals surface area contributed by atoms with Crippen molar-refractivity contribution in [3.63, 3.8) is 0 Å². The van der Waals surface area contributed by atoms with E-state index in [0.717, 1.165) is 0 Å². The van der Waals surface area contributed by atoms with Gasteiger partial charge in [0.05, 0.1) is 30.9 Å². The maximum absolute atomic E-state index is 14.5. The Bertz CT molecular complexity index is 1010. The zero-order chi connectivity index (χ0) is 17.9. The Balaban J connectivity index is 1.52. The Morgan fingerprint density at radius 1 is 1.19 bits per heavy atom. The maximum Gasteiger partial charge on any atom is 0.169 e. The lowest BCUT2D eigenvalue weighted by atomic mass is 10.1. The summed E-state index contributed by atoms with van der Waals surface area (Å²) in [5, 5.41) is 19.8. The summed E-state index contributed by atoms with van der Waals surface area (Å²) >= 11 is 0. The molecule has 0 aliphatic rings. The third-order valence-corrected chi connectivity index (χ3v) is 3.76. The Morgan fingerprint density at radius 2 is 2.12 bits per heavy atom. The molecule has 3 heterocycles. The molecule has 0 fully saturated rings. The first kappa shape index (κ1) is 16.0. The number of hydrogen-bond acceptors (Lipinski definition) is 7. The summed E-state index contributed by atoms with van der Waals surface area (Å²) in [7, 11) is 0. The average Bonchev–Trinajstić information content (AvgIpc) is 3.40. The summed E-state index contributed by atoms with van der Waals surface area (Å²) in [6, 6.07) is 8.15. The van der Waals surface area contributed by atoms with E-state index in [0.29, 0.717) is 40.8 Å². The van der Waals surface area contributed by atoms with Gasteiger partial charge >= 0.3 is 0 Å². The highest BCUT2D eigenvalue weighted by Crippen LogP contribution is 2.24. The molecule has 0 unspecified atom stereocenters. The first-order valence-corrected chi connectivity index (χ1v) is 7.77. The molecule has 0 atom stereocenters. The molecule has 4 rings (SSSR count). The molecule has 0 saturated heterocycles. The molecule has 26 heavy (non-hydrogen) atoms. The topological polar surface area (TPSA) is 102 Å². The number of anilines is 1. The number of imidazole rings is 1. The summed E-state index contributed by atoms with van der Waals surface area (Å²) in [4.78, 5) is 3.98. The third-order valence-electron chi connectivity index (χ3n) is 3.76. The van der Waals surface area contributed by atoms with Crippen molar-refractivity contribution in [1.82, 2.24) is 19.9 Å². The van der Waals surface area contributed by atoms with E-state index < -0.39 is 5.82 Å². The van der Waals surface area contributed by atoms with Crippen LogP contribution in [-0.4, -0.2) is 25.0 Å². The number of nitrogens with zero attached hydrogens (tertiary/aromatic N) is 4. The molecule has 0 aliphatic heterocycles. The molecule has 0 aliphatic carbocycles. The third kappa shape index (κ3) is 3.20. The molecule has 0 amide bonds. The number of aromatic nitrogens is 4. The lowest BCUT2D eigenvalue weighted by Gasteiger charge is -2.05. The second-order valence-corrected chi connectivity index (χ2v) is 5.51. The van der Waals surface area contributed by atoms with E-state index in [-0.39, 0.29) is 6.61 Å². The minimum absolute atomic E-state index is 0.198. The van der Waals surface area contributed by atoms with Crippen LogP contribution in [0.5, 0.6) is 0 Å². The zero-order valence-electron chi connectivity index (χ0n) is 13.5. The monoisotopic (exact) mass is 355 g/mol. The van der Waals surface area contributed by atoms with Gasteiger partial charge in [0.15, 0.2) is 11.6 Å². The number of aliphatic hydroxyl groups is 1. The maximum atomic E-state index is 14.5. The standard InChI is InChI=1S/C17H14FN5O3/c18-14-5-11(1-2-16(14)23-8-12(9-24)20-10-23)15-6-13(26-21-15)7-19-17-3-4-25-22-17/h1-6,8,10,24H,7,9H2,(H,19,22). The van der Waals surface area contributed by atoms with Gasteiger partial charge in [-0.1, -0.05) is 16.4 Å². The summed E-state index contributed by atoms with van der Waals surface area (Å²) in [6.45, 7) is 0.176. The molecular formula is C17H14FN5O3. The van der Waals surface area contributed by atoms with Crippen LogP contribution >= 0.6 is 0 Å². The SMILES string of the molecule is OCc1cn(-c2ccc(-c3cc(CNc4ccon4)on3)cc2F)cn1. The van der Waals surface area contributed by atoms with Gasteiger partial charge in [0, 0.05) is 23.9 Å². The summed E-state index contributed by atoms with van der Waals surface area (Å²) in [5.74, 6) is 0.727. The Labute approximate surface area is 146 Å². The van der Waals surface area contributed by atoms with E-state index in [9.17, 15) is 4.39 Å². The van der Waals surface area contributed by atoms with Crippen LogP contribution in [0, 0.1) is 5.82 Å². The first-order valence-electron chi connectivity index (χ1n) is 7.77. The van der Waals surface area contributed by atoms with Crippen LogP contribution < -0.4 is 5.32 Å². The number of halogens is 1. The van der Waals surface area contributed by atoms with Crippen LogP contribution in [-0.2, 0) is 13.2 Å². The van der Waals surface area contributed by atoms with Gasteiger partial charge in [-0.2, -0.15) is 0 Å². The minimum atomic E-state index is -0.435. The molecule has 1 aromatic carbocycles. The molecule has 2 N–H and O–H groups in total. The van der Waals surface area contributed by atoms with Crippen LogP contribution in [0.1, 0.15) is 11.5 Å². The van der Waals surface area contributed by atoms with Gasteiger partial charge in [0.1, 0.15) is 17.8 Å². The fourth-order valence-electron chi connectivity index (χ4n) is 2.47. The van der Waals surface area contributed by atoms with Crippen LogP contribution in [0.15, 0.2) is 58.2 Å². The fourth-order valence-corrected chi connectivity index (χ4v) is 2.47. The molecule has 0 bridgehead atoms. The summed E-state index contributed by atoms with van der Waals surface area (Å²) in [5.41, 5.74) is 1.91. The number of hydrogen-bond donors (Lipinski definition) is 2. The fraction of sp³-hybridized carbons (Fsp3) is 0.118. The molecule has 132 valence electrons. The summed E-state index contributed by atoms with van der Waals surface area (Å²) in [6.07, 6.45) is 4.48. The molecule has 0 spiro atoms. The van der Waals surface area contributed by atoms with Gasteiger partial charge < -0.3 is 24.0 Å². The van der Waals surface area contributed by atoms with Crippen LogP contribution in [0.2, 0.25) is 0 Å². The average molecular weight is 355 g/mol. The van der Waals surface area contributed by atoms with Crippen molar-refractivity contribution in [1.29, 1.82) is 0 Å². The number of aliphatic hydroxyl groups excluding tert-OH is 1. The van der Waals surface area contributed by atoms with Gasteiger partial charge in [0.25, 0.3) is 0 Å². The normalized spacial score (nSPS) is 11.0. The van der Waals surface area contributed by atoms with E-state index >= 15 is 0 Å². The molecule has 4 aromatic rings. The van der Waals surface area contributed by atoms with E-state index in [4.69, 9.17) is 14.2 Å². The molecule has 9 heteroatoms. The van der Waals surface area contributed by atoms with Crippen LogP contribution in [0.3, 0.4) is 0 Å². The van der Waals surface area contributed by atoms with Gasteiger partial charge in [-0.05, 0) is 12.1 Å². The van der Waals surface area contributed by atoms with Gasteiger partial charge in [0.2, 0.25) is 0 Å². The van der Waals surface area contributed by atoms with Crippen molar-refractivity contribution >= 4 is 5.82 Å². The largest absolute Gasteiger partial charge is 0.390 e. The van der Waals surface area contributed by atoms with Crippen molar-refractivity contribution in [2.75, 3.05) is 5.32 Å². The molecule has 0 radical (unpaired) electrons. The minimum Gasteiger partial charge on any atom is -0.390 e. The van der Waals surface area contributed by atoms with E-state index in [1.807, 2.05) is 0 Å². The van der Waals surface area contributed by atoms with Gasteiger partial charge in [-0.25, -0.2) is 9.37 Å². The van der Waals surface area contributed by atoms with Crippen molar-refractivity contribution in [3.8, 4) is 16.9 Å². The highest BCUT2D eigenvalue weighted by atomic mass is 19.1. The van der Waals surface area contributed by atoms with Crippen molar-refractivity contribution < 1.29 is 18.5 Å². The van der Waals surface area contributed by atoms with E-state index in [2.05, 4.69) is 20.6 Å². The lowest BCUT2D eigenvalue weighted by Crippen LogP contribution is -1.97. The molecule has 0 saturated carbocycles. The predicted molar refractivity (Wildman–Crippen MR) is 88.8 cm³/mol. The van der Waals surface area contributed by atoms with E-state index in [1.54, 1.807) is 30.5 Å². The van der Waals surface area contributed by atoms with Crippen LogP contribution in [0.25, 0.3) is 16.9 Å². The Kier molecular flexibility index (Phi) is 4.20. The molecule has 8 nitrogen and oxygen atoms in total. The van der Waals surface area contributed by atoms with Gasteiger partial charge in [-0.3, -0.25) is 0 Å². The van der Waals surface area contributed by atoms with Crippen LogP contribution in [0.4, 0.5) is 10.2 Å².